The summed E-state index contributed by atoms with van der Waals surface area (Å²) in [5.74, 6) is -1.18. The predicted octanol–water partition coefficient (Wildman–Crippen LogP) is 6.96. The van der Waals surface area contributed by atoms with Gasteiger partial charge in [0.05, 0.1) is 38.5 Å². The zero-order chi connectivity index (χ0) is 33.8. The third-order valence-corrected chi connectivity index (χ3v) is 9.45. The van der Waals surface area contributed by atoms with Gasteiger partial charge in [-0.2, -0.15) is 5.26 Å². The lowest BCUT2D eigenvalue weighted by molar-refractivity contribution is -0.128. The zero-order valence-corrected chi connectivity index (χ0v) is 28.1. The molecule has 0 spiro atoms. The molecular weight excluding hydrogens is 652 g/mol. The molecule has 1 atom stereocenters. The summed E-state index contributed by atoms with van der Waals surface area (Å²) in [6.07, 6.45) is 2.92. The maximum atomic E-state index is 14.8. The Morgan fingerprint density at radius 2 is 1.91 bits per heavy atom. The summed E-state index contributed by atoms with van der Waals surface area (Å²) in [5, 5.41) is 10.4. The molecule has 4 heterocycles. The van der Waals surface area contributed by atoms with Gasteiger partial charge in [-0.15, -0.1) is 0 Å². The molecule has 238 valence electrons. The normalized spacial score (nSPS) is 15.0. The van der Waals surface area contributed by atoms with Crippen LogP contribution in [0.2, 0.25) is 15.1 Å². The number of halogens is 4. The molecule has 13 heteroatoms. The maximum absolute atomic E-state index is 14.8. The summed E-state index contributed by atoms with van der Waals surface area (Å²) >= 11 is 19.5. The molecule has 0 saturated carbocycles. The van der Waals surface area contributed by atoms with E-state index in [0.29, 0.717) is 42.1 Å². The second kappa shape index (κ2) is 12.6. The van der Waals surface area contributed by atoms with E-state index in [2.05, 4.69) is 17.6 Å². The molecule has 3 aromatic heterocycles. The molecule has 46 heavy (non-hydrogen) atoms. The highest BCUT2D eigenvalue weighted by Gasteiger charge is 2.32. The van der Waals surface area contributed by atoms with Gasteiger partial charge in [-0.3, -0.25) is 19.1 Å². The number of rotatable bonds is 5. The number of carbonyl (C=O) groups excluding carboxylic acids is 1. The van der Waals surface area contributed by atoms with Gasteiger partial charge in [0, 0.05) is 42.8 Å². The van der Waals surface area contributed by atoms with Crippen LogP contribution in [0.4, 0.5) is 15.8 Å². The van der Waals surface area contributed by atoms with E-state index in [1.165, 1.54) is 10.6 Å². The van der Waals surface area contributed by atoms with Gasteiger partial charge in [0.15, 0.2) is 5.82 Å². The molecule has 4 aromatic rings. The fourth-order valence-electron chi connectivity index (χ4n) is 6.08. The fraction of sp³-hybridized carbons (Fsp3) is 0.303. The molecule has 2 N–H and O–H groups in total. The van der Waals surface area contributed by atoms with Crippen LogP contribution in [-0.2, 0) is 4.79 Å². The van der Waals surface area contributed by atoms with Gasteiger partial charge in [-0.1, -0.05) is 55.2 Å². The fourth-order valence-corrected chi connectivity index (χ4v) is 6.75. The minimum Gasteiger partial charge on any atom is -0.397 e. The number of benzene rings is 1. The van der Waals surface area contributed by atoms with Crippen LogP contribution in [0.3, 0.4) is 0 Å². The van der Waals surface area contributed by atoms with Crippen LogP contribution < -0.4 is 16.2 Å². The summed E-state index contributed by atoms with van der Waals surface area (Å²) in [6, 6.07) is 5.26. The number of hydrogen-bond acceptors (Lipinski definition) is 7. The molecule has 1 aliphatic heterocycles. The minimum atomic E-state index is -0.868. The van der Waals surface area contributed by atoms with E-state index < -0.39 is 11.4 Å². The third kappa shape index (κ3) is 5.26. The number of nitrogen functional groups attached to an aromatic ring is 1. The molecule has 1 amide bonds. The summed E-state index contributed by atoms with van der Waals surface area (Å²) in [7, 11) is 0. The van der Waals surface area contributed by atoms with E-state index in [1.54, 1.807) is 30.2 Å². The first kappa shape index (κ1) is 33.2. The van der Waals surface area contributed by atoms with E-state index >= 15 is 0 Å². The van der Waals surface area contributed by atoms with Gasteiger partial charge < -0.3 is 15.5 Å². The summed E-state index contributed by atoms with van der Waals surface area (Å²) < 4.78 is 16.1. The van der Waals surface area contributed by atoms with Crippen molar-refractivity contribution in [3.05, 3.63) is 84.6 Å². The number of aromatic nitrogens is 3. The van der Waals surface area contributed by atoms with Crippen molar-refractivity contribution in [2.45, 2.75) is 46.6 Å². The molecule has 0 aliphatic carbocycles. The number of anilines is 2. The number of fused-ring (bicyclic) bond motifs is 1. The number of carbonyl (C=O) groups is 1. The average Bonchev–Trinajstić information content (AvgIpc) is 3.02. The molecule has 9 nitrogen and oxygen atoms in total. The van der Waals surface area contributed by atoms with Gasteiger partial charge >= 0.3 is 0 Å². The first-order valence-electron chi connectivity index (χ1n) is 14.5. The number of aryl methyl sites for hydroxylation is 1. The quantitative estimate of drug-likeness (QED) is 0.137. The van der Waals surface area contributed by atoms with Crippen LogP contribution in [-0.4, -0.2) is 51.0 Å². The lowest BCUT2D eigenvalue weighted by Crippen LogP contribution is -2.54. The summed E-state index contributed by atoms with van der Waals surface area (Å²) in [4.78, 5) is 40.1. The molecular formula is C33H31Cl3FN7O2. The van der Waals surface area contributed by atoms with Crippen molar-refractivity contribution in [1.82, 2.24) is 19.4 Å². The van der Waals surface area contributed by atoms with Crippen LogP contribution in [0.15, 0.2) is 35.8 Å². The van der Waals surface area contributed by atoms with Crippen molar-refractivity contribution in [2.75, 3.05) is 30.3 Å². The minimum absolute atomic E-state index is 0.0993. The van der Waals surface area contributed by atoms with E-state index in [0.717, 1.165) is 5.56 Å². The van der Waals surface area contributed by atoms with Crippen molar-refractivity contribution < 1.29 is 9.18 Å². The Kier molecular flexibility index (Phi) is 9.06. The van der Waals surface area contributed by atoms with E-state index in [4.69, 9.17) is 45.5 Å². The van der Waals surface area contributed by atoms with Crippen molar-refractivity contribution in [3.63, 3.8) is 0 Å². The lowest BCUT2D eigenvalue weighted by atomic mass is 10.00. The number of nitrogens with two attached hydrogens (primary N) is 1. The maximum Gasteiger partial charge on any atom is 0.276 e. The lowest BCUT2D eigenvalue weighted by Gasteiger charge is -2.41. The smallest absolute Gasteiger partial charge is 0.276 e. The van der Waals surface area contributed by atoms with E-state index in [-0.39, 0.29) is 66.7 Å². The number of hydrogen-bond donors (Lipinski definition) is 1. The first-order chi connectivity index (χ1) is 21.7. The molecule has 0 radical (unpaired) electrons. The highest BCUT2D eigenvalue weighted by molar-refractivity contribution is 6.39. The Morgan fingerprint density at radius 3 is 2.52 bits per heavy atom. The van der Waals surface area contributed by atoms with Crippen molar-refractivity contribution >= 4 is 63.1 Å². The Morgan fingerprint density at radius 1 is 1.22 bits per heavy atom. The SMILES string of the molecule is C=CC(=O)N1CCN(c2c(C#N)c(=O)n(-c3c(C)ccnc3C(C)C)c3nc(-c4c(C)c(Cl)c(F)c(Cl)c4N)c(Cl)cc23)C[C@H]1C. The van der Waals surface area contributed by atoms with Crippen LogP contribution in [0.5, 0.6) is 0 Å². The molecule has 1 aliphatic rings. The second-order valence-corrected chi connectivity index (χ2v) is 12.7. The standard InChI is InChI=1S/C33H31Cl3FN7O2/c1-7-22(45)43-11-10-42(14-17(43)5)31-19-12-21(34)29(23-18(6)24(35)26(37)25(36)27(23)39)41-32(19)44(33(46)20(31)13-38)30-16(4)8-9-40-28(30)15(2)3/h7-9,12,15,17H,1,10-11,14,39H2,2-6H3/t17-/m1/s1. The first-order valence-corrected chi connectivity index (χ1v) is 15.6. The van der Waals surface area contributed by atoms with Gasteiger partial charge in [-0.05, 0) is 56.0 Å². The van der Waals surface area contributed by atoms with E-state index in [1.807, 2.05) is 32.6 Å². The Bertz CT molecular complexity index is 2030. The van der Waals surface area contributed by atoms with E-state index in [9.17, 15) is 19.2 Å². The van der Waals surface area contributed by atoms with Crippen molar-refractivity contribution in [1.29, 1.82) is 5.26 Å². The van der Waals surface area contributed by atoms with Gasteiger partial charge in [0.25, 0.3) is 5.56 Å². The van der Waals surface area contributed by atoms with Crippen molar-refractivity contribution in [3.8, 4) is 23.0 Å². The molecule has 1 aromatic carbocycles. The largest absolute Gasteiger partial charge is 0.397 e. The van der Waals surface area contributed by atoms with Crippen LogP contribution in [0.1, 0.15) is 49.1 Å². The Hall–Kier alpha value is -4.17. The molecule has 1 saturated heterocycles. The molecule has 1 fully saturated rings. The molecule has 0 bridgehead atoms. The topological polar surface area (TPSA) is 121 Å². The van der Waals surface area contributed by atoms with Crippen LogP contribution in [0, 0.1) is 31.0 Å². The van der Waals surface area contributed by atoms with Gasteiger partial charge in [-0.25, -0.2) is 9.37 Å². The van der Waals surface area contributed by atoms with Crippen LogP contribution >= 0.6 is 34.8 Å². The average molecular weight is 683 g/mol. The predicted molar refractivity (Wildman–Crippen MR) is 182 cm³/mol. The number of piperazine rings is 1. The summed E-state index contributed by atoms with van der Waals surface area (Å²) in [6.45, 7) is 13.8. The summed E-state index contributed by atoms with van der Waals surface area (Å²) in [5.41, 5.74) is 8.41. The Labute approximate surface area is 280 Å². The monoisotopic (exact) mass is 681 g/mol. The van der Waals surface area contributed by atoms with Gasteiger partial charge in [0.2, 0.25) is 5.91 Å². The number of nitriles is 1. The van der Waals surface area contributed by atoms with Gasteiger partial charge in [0.1, 0.15) is 22.3 Å². The second-order valence-electron chi connectivity index (χ2n) is 11.6. The Balaban J connectivity index is 1.94. The number of nitrogens with zero attached hydrogens (tertiary/aromatic N) is 6. The zero-order valence-electron chi connectivity index (χ0n) is 25.9. The molecule has 5 rings (SSSR count). The van der Waals surface area contributed by atoms with Crippen LogP contribution in [0.25, 0.3) is 28.0 Å². The highest BCUT2D eigenvalue weighted by Crippen LogP contribution is 2.44. The number of pyridine rings is 3. The van der Waals surface area contributed by atoms with Crippen molar-refractivity contribution in [2.24, 2.45) is 0 Å². The highest BCUT2D eigenvalue weighted by atomic mass is 35.5. The third-order valence-electron chi connectivity index (χ3n) is 8.35. The number of amides is 1. The molecule has 0 unspecified atom stereocenters.